The molecule has 2 saturated heterocycles. The predicted octanol–water partition coefficient (Wildman–Crippen LogP) is 1.30. The van der Waals surface area contributed by atoms with E-state index in [1.807, 2.05) is 0 Å². The maximum atomic E-state index is 13.1. The number of amides is 1. The van der Waals surface area contributed by atoms with Gasteiger partial charge in [0.15, 0.2) is 0 Å². The van der Waals surface area contributed by atoms with Crippen molar-refractivity contribution in [2.75, 3.05) is 0 Å². The lowest BCUT2D eigenvalue weighted by molar-refractivity contribution is -0.142. The molecule has 2 aliphatic heterocycles. The maximum absolute atomic E-state index is 13.1. The van der Waals surface area contributed by atoms with Crippen molar-refractivity contribution < 1.29 is 19.1 Å². The predicted molar refractivity (Wildman–Crippen MR) is 62.9 cm³/mol. The number of aliphatic carboxylic acids is 1. The molecule has 1 aromatic heterocycles. The zero-order valence-corrected chi connectivity index (χ0v) is 10.1. The third-order valence-electron chi connectivity index (χ3n) is 4.04. The molecule has 0 aliphatic carbocycles. The number of halogens is 1. The van der Waals surface area contributed by atoms with Gasteiger partial charge in [0.1, 0.15) is 5.82 Å². The summed E-state index contributed by atoms with van der Waals surface area (Å²) in [4.78, 5) is 28.8. The first kappa shape index (κ1) is 12.1. The number of carboxylic acids is 1. The molecular weight excluding hydrogens is 251 g/mol. The molecule has 1 amide bonds. The number of fused-ring (bicyclic) bond motifs is 2. The summed E-state index contributed by atoms with van der Waals surface area (Å²) in [5.41, 5.74) is 0.183. The number of carbonyl (C=O) groups is 2. The van der Waals surface area contributed by atoms with E-state index in [9.17, 15) is 14.0 Å². The second-order valence-electron chi connectivity index (χ2n) is 5.08. The monoisotopic (exact) mass is 264 g/mol. The Labute approximate surface area is 109 Å². The molecule has 0 saturated carbocycles. The van der Waals surface area contributed by atoms with Gasteiger partial charge in [-0.15, -0.1) is 0 Å². The van der Waals surface area contributed by atoms with Crippen LogP contribution in [-0.2, 0) is 4.79 Å². The molecule has 1 aromatic rings. The molecule has 3 atom stereocenters. The molecule has 100 valence electrons. The maximum Gasteiger partial charge on any atom is 0.308 e. The Morgan fingerprint density at radius 1 is 1.37 bits per heavy atom. The van der Waals surface area contributed by atoms with Gasteiger partial charge in [0.25, 0.3) is 5.91 Å². The van der Waals surface area contributed by atoms with Crippen LogP contribution in [0.3, 0.4) is 0 Å². The highest BCUT2D eigenvalue weighted by Gasteiger charge is 2.51. The molecule has 2 bridgehead atoms. The summed E-state index contributed by atoms with van der Waals surface area (Å²) in [5.74, 6) is -2.23. The van der Waals surface area contributed by atoms with Crippen molar-refractivity contribution in [2.45, 2.75) is 31.3 Å². The van der Waals surface area contributed by atoms with Crippen LogP contribution in [0, 0.1) is 11.7 Å². The Hall–Kier alpha value is -1.98. The standard InChI is InChI=1S/C13H13FN2O3/c14-8-3-7(5-15-6-8)12(17)16-9-1-2-11(16)10(4-9)13(18)19/h3,5-6,9-11H,1-2,4H2,(H,18,19). The van der Waals surface area contributed by atoms with E-state index in [1.54, 1.807) is 4.90 Å². The summed E-state index contributed by atoms with van der Waals surface area (Å²) in [6, 6.07) is 0.836. The summed E-state index contributed by atoms with van der Waals surface area (Å²) in [7, 11) is 0. The van der Waals surface area contributed by atoms with E-state index >= 15 is 0 Å². The number of aromatic nitrogens is 1. The molecule has 2 aliphatic rings. The molecule has 6 heteroatoms. The fourth-order valence-corrected chi connectivity index (χ4v) is 3.25. The Balaban J connectivity index is 1.87. The minimum absolute atomic E-state index is 0.0399. The topological polar surface area (TPSA) is 70.5 Å². The lowest BCUT2D eigenvalue weighted by Gasteiger charge is -2.23. The molecule has 0 spiro atoms. The normalized spacial score (nSPS) is 28.7. The average Bonchev–Trinajstić information content (AvgIpc) is 2.95. The van der Waals surface area contributed by atoms with Gasteiger partial charge in [0.2, 0.25) is 0 Å². The highest BCUT2D eigenvalue weighted by molar-refractivity contribution is 5.95. The van der Waals surface area contributed by atoms with Gasteiger partial charge < -0.3 is 10.0 Å². The summed E-state index contributed by atoms with van der Waals surface area (Å²) in [6.45, 7) is 0. The smallest absolute Gasteiger partial charge is 0.308 e. The summed E-state index contributed by atoms with van der Waals surface area (Å²) in [5, 5.41) is 9.14. The van der Waals surface area contributed by atoms with Crippen LogP contribution >= 0.6 is 0 Å². The van der Waals surface area contributed by atoms with E-state index < -0.39 is 17.7 Å². The SMILES string of the molecule is O=C(O)C1CC2CCC1N2C(=O)c1cncc(F)c1. The first-order valence-corrected chi connectivity index (χ1v) is 6.24. The van der Waals surface area contributed by atoms with E-state index in [0.29, 0.717) is 12.8 Å². The largest absolute Gasteiger partial charge is 0.481 e. The molecular formula is C13H13FN2O3. The zero-order chi connectivity index (χ0) is 13.6. The quantitative estimate of drug-likeness (QED) is 0.874. The lowest BCUT2D eigenvalue weighted by atomic mass is 9.89. The lowest BCUT2D eigenvalue weighted by Crippen LogP contribution is -2.37. The van der Waals surface area contributed by atoms with Crippen LogP contribution in [0.2, 0.25) is 0 Å². The fourth-order valence-electron chi connectivity index (χ4n) is 3.25. The summed E-state index contributed by atoms with van der Waals surface area (Å²) in [6.07, 6.45) is 4.38. The van der Waals surface area contributed by atoms with E-state index in [2.05, 4.69) is 4.98 Å². The second kappa shape index (κ2) is 4.29. The van der Waals surface area contributed by atoms with Gasteiger partial charge in [-0.1, -0.05) is 0 Å². The molecule has 19 heavy (non-hydrogen) atoms. The number of nitrogens with zero attached hydrogens (tertiary/aromatic N) is 2. The van der Waals surface area contributed by atoms with Gasteiger partial charge in [0, 0.05) is 18.3 Å². The molecule has 1 N–H and O–H groups in total. The van der Waals surface area contributed by atoms with Crippen molar-refractivity contribution in [2.24, 2.45) is 5.92 Å². The van der Waals surface area contributed by atoms with Gasteiger partial charge in [0.05, 0.1) is 17.7 Å². The van der Waals surface area contributed by atoms with Gasteiger partial charge in [-0.2, -0.15) is 0 Å². The highest BCUT2D eigenvalue weighted by atomic mass is 19.1. The summed E-state index contributed by atoms with van der Waals surface area (Å²) < 4.78 is 13.1. The Morgan fingerprint density at radius 3 is 2.79 bits per heavy atom. The highest BCUT2D eigenvalue weighted by Crippen LogP contribution is 2.42. The van der Waals surface area contributed by atoms with Gasteiger partial charge in [-0.05, 0) is 25.3 Å². The third-order valence-corrected chi connectivity index (χ3v) is 4.04. The molecule has 0 aromatic carbocycles. The number of hydrogen-bond donors (Lipinski definition) is 1. The second-order valence-corrected chi connectivity index (χ2v) is 5.08. The zero-order valence-electron chi connectivity index (χ0n) is 10.1. The fraction of sp³-hybridized carbons (Fsp3) is 0.462. The molecule has 3 rings (SSSR count). The van der Waals surface area contributed by atoms with Crippen molar-refractivity contribution in [1.29, 1.82) is 0 Å². The van der Waals surface area contributed by atoms with Crippen molar-refractivity contribution in [3.63, 3.8) is 0 Å². The van der Waals surface area contributed by atoms with Crippen LogP contribution in [0.1, 0.15) is 29.6 Å². The molecule has 5 nitrogen and oxygen atoms in total. The van der Waals surface area contributed by atoms with Gasteiger partial charge in [-0.3, -0.25) is 14.6 Å². The van der Waals surface area contributed by atoms with Crippen LogP contribution in [0.15, 0.2) is 18.5 Å². The number of hydrogen-bond acceptors (Lipinski definition) is 3. The van der Waals surface area contributed by atoms with E-state index in [-0.39, 0.29) is 23.6 Å². The van der Waals surface area contributed by atoms with E-state index in [1.165, 1.54) is 6.20 Å². The molecule has 3 unspecified atom stereocenters. The van der Waals surface area contributed by atoms with E-state index in [4.69, 9.17) is 5.11 Å². The first-order chi connectivity index (χ1) is 9.08. The van der Waals surface area contributed by atoms with E-state index in [0.717, 1.165) is 18.7 Å². The Morgan fingerprint density at radius 2 is 2.16 bits per heavy atom. The average molecular weight is 264 g/mol. The Kier molecular flexibility index (Phi) is 2.73. The van der Waals surface area contributed by atoms with Crippen molar-refractivity contribution in [3.8, 4) is 0 Å². The third kappa shape index (κ3) is 1.87. The van der Waals surface area contributed by atoms with Gasteiger partial charge in [-0.25, -0.2) is 4.39 Å². The Bertz CT molecular complexity index is 548. The number of carboxylic acid groups (broad SMARTS) is 1. The minimum atomic E-state index is -0.859. The number of pyridine rings is 1. The van der Waals surface area contributed by atoms with Gasteiger partial charge >= 0.3 is 5.97 Å². The van der Waals surface area contributed by atoms with Crippen LogP contribution in [-0.4, -0.2) is 39.0 Å². The molecule has 3 heterocycles. The molecule has 2 fully saturated rings. The minimum Gasteiger partial charge on any atom is -0.481 e. The van der Waals surface area contributed by atoms with Crippen LogP contribution in [0.5, 0.6) is 0 Å². The van der Waals surface area contributed by atoms with Crippen LogP contribution < -0.4 is 0 Å². The van der Waals surface area contributed by atoms with Crippen molar-refractivity contribution >= 4 is 11.9 Å². The van der Waals surface area contributed by atoms with Crippen molar-refractivity contribution in [1.82, 2.24) is 9.88 Å². The number of carbonyl (C=O) groups excluding carboxylic acids is 1. The summed E-state index contributed by atoms with van der Waals surface area (Å²) >= 11 is 0. The molecule has 0 radical (unpaired) electrons. The number of rotatable bonds is 2. The van der Waals surface area contributed by atoms with Crippen LogP contribution in [0.4, 0.5) is 4.39 Å². The van der Waals surface area contributed by atoms with Crippen LogP contribution in [0.25, 0.3) is 0 Å². The first-order valence-electron chi connectivity index (χ1n) is 6.24. The van der Waals surface area contributed by atoms with Crippen molar-refractivity contribution in [3.05, 3.63) is 29.8 Å².